The molecule has 1 atom stereocenters. The fourth-order valence-corrected chi connectivity index (χ4v) is 2.53. The van der Waals surface area contributed by atoms with Gasteiger partial charge in [0, 0.05) is 16.3 Å². The van der Waals surface area contributed by atoms with Crippen LogP contribution in [0.1, 0.15) is 18.5 Å². The Balaban J connectivity index is 1.84. The third-order valence-electron chi connectivity index (χ3n) is 3.41. The normalized spacial score (nSPS) is 12.3. The molecule has 3 aromatic rings. The number of anilines is 1. The van der Waals surface area contributed by atoms with E-state index in [2.05, 4.69) is 16.9 Å². The van der Waals surface area contributed by atoms with Crippen molar-refractivity contribution in [3.63, 3.8) is 0 Å². The molecule has 0 saturated heterocycles. The lowest BCUT2D eigenvalue weighted by Gasteiger charge is -2.15. The maximum Gasteiger partial charge on any atom is 0.220 e. The average molecular weight is 314 g/mol. The van der Waals surface area contributed by atoms with Crippen LogP contribution < -0.4 is 10.5 Å². The molecule has 2 N–H and O–H groups in total. The van der Waals surface area contributed by atoms with Crippen molar-refractivity contribution in [2.45, 2.75) is 12.8 Å². The molecule has 0 amide bonds. The van der Waals surface area contributed by atoms with Crippen molar-refractivity contribution in [2.75, 3.05) is 12.3 Å². The van der Waals surface area contributed by atoms with Crippen LogP contribution in [0.2, 0.25) is 5.02 Å². The lowest BCUT2D eigenvalue weighted by Crippen LogP contribution is -2.11. The van der Waals surface area contributed by atoms with E-state index in [4.69, 9.17) is 22.1 Å². The fraction of sp³-hybridized carbons (Fsp3) is 0.176. The summed E-state index contributed by atoms with van der Waals surface area (Å²) in [7, 11) is 0. The van der Waals surface area contributed by atoms with Crippen LogP contribution in [0, 0.1) is 0 Å². The summed E-state index contributed by atoms with van der Waals surface area (Å²) >= 11 is 5.96. The second kappa shape index (κ2) is 6.20. The maximum atomic E-state index is 5.96. The number of nitrogen functional groups attached to an aromatic ring is 1. The zero-order chi connectivity index (χ0) is 15.5. The first kappa shape index (κ1) is 14.6. The molecule has 0 bridgehead atoms. The van der Waals surface area contributed by atoms with Crippen molar-refractivity contribution >= 4 is 28.5 Å². The van der Waals surface area contributed by atoms with Gasteiger partial charge in [-0.15, -0.1) is 0 Å². The molecule has 4 nitrogen and oxygen atoms in total. The molecule has 1 aromatic heterocycles. The number of hydrogen-bond acceptors (Lipinski definition) is 4. The minimum atomic E-state index is 0.0779. The number of para-hydroxylation sites is 1. The quantitative estimate of drug-likeness (QED) is 0.789. The van der Waals surface area contributed by atoms with Gasteiger partial charge in [0.25, 0.3) is 0 Å². The molecule has 3 rings (SSSR count). The van der Waals surface area contributed by atoms with E-state index in [0.29, 0.717) is 11.6 Å². The van der Waals surface area contributed by atoms with Gasteiger partial charge in [-0.1, -0.05) is 42.8 Å². The molecule has 2 aromatic carbocycles. The Kier molecular flexibility index (Phi) is 4.11. The van der Waals surface area contributed by atoms with E-state index in [9.17, 15) is 0 Å². The minimum Gasteiger partial charge on any atom is -0.493 e. The van der Waals surface area contributed by atoms with Gasteiger partial charge in [-0.25, -0.2) is 9.97 Å². The van der Waals surface area contributed by atoms with Gasteiger partial charge in [-0.3, -0.25) is 0 Å². The number of halogens is 1. The van der Waals surface area contributed by atoms with E-state index in [1.807, 2.05) is 42.5 Å². The summed E-state index contributed by atoms with van der Waals surface area (Å²) in [5.74, 6) is 1.10. The van der Waals surface area contributed by atoms with Gasteiger partial charge in [0.15, 0.2) is 0 Å². The van der Waals surface area contributed by atoms with E-state index in [0.717, 1.165) is 22.3 Å². The van der Waals surface area contributed by atoms with Crippen molar-refractivity contribution in [2.24, 2.45) is 0 Å². The molecule has 0 spiro atoms. The molecule has 0 saturated carbocycles. The number of aromatic nitrogens is 2. The number of rotatable bonds is 4. The van der Waals surface area contributed by atoms with Crippen molar-refractivity contribution in [3.8, 4) is 5.75 Å². The summed E-state index contributed by atoms with van der Waals surface area (Å²) in [6, 6.07) is 15.2. The Labute approximate surface area is 133 Å². The number of ether oxygens (including phenoxy) is 1. The predicted octanol–water partition coefficient (Wildman–Crippen LogP) is 4.05. The van der Waals surface area contributed by atoms with Crippen molar-refractivity contribution in [1.82, 2.24) is 9.97 Å². The van der Waals surface area contributed by atoms with Gasteiger partial charge < -0.3 is 10.5 Å². The number of hydrogen-bond donors (Lipinski definition) is 1. The van der Waals surface area contributed by atoms with E-state index < -0.39 is 0 Å². The molecular formula is C17H16ClN3O. The maximum absolute atomic E-state index is 5.96. The Morgan fingerprint density at radius 1 is 1.14 bits per heavy atom. The highest BCUT2D eigenvalue weighted by Gasteiger charge is 2.14. The smallest absolute Gasteiger partial charge is 0.220 e. The third kappa shape index (κ3) is 3.12. The van der Waals surface area contributed by atoms with E-state index in [-0.39, 0.29) is 11.9 Å². The SMILES string of the molecule is CC(COc1cccc(Cl)c1)c1nc(N)nc2ccccc12. The molecule has 1 heterocycles. The molecule has 0 aliphatic rings. The number of benzene rings is 2. The standard InChI is InChI=1S/C17H16ClN3O/c1-11(10-22-13-6-4-5-12(18)9-13)16-14-7-2-3-8-15(14)20-17(19)21-16/h2-9,11H,10H2,1H3,(H2,19,20,21). The summed E-state index contributed by atoms with van der Waals surface area (Å²) in [6.07, 6.45) is 0. The van der Waals surface area contributed by atoms with Gasteiger partial charge in [-0.05, 0) is 24.3 Å². The lowest BCUT2D eigenvalue weighted by atomic mass is 10.0. The highest BCUT2D eigenvalue weighted by molar-refractivity contribution is 6.30. The Morgan fingerprint density at radius 2 is 1.95 bits per heavy atom. The van der Waals surface area contributed by atoms with Gasteiger partial charge >= 0.3 is 0 Å². The molecule has 5 heteroatoms. The zero-order valence-corrected chi connectivity index (χ0v) is 12.9. The first-order chi connectivity index (χ1) is 10.6. The number of fused-ring (bicyclic) bond motifs is 1. The second-order valence-electron chi connectivity index (χ2n) is 5.15. The van der Waals surface area contributed by atoms with Crippen LogP contribution in [0.25, 0.3) is 10.9 Å². The highest BCUT2D eigenvalue weighted by Crippen LogP contribution is 2.25. The van der Waals surface area contributed by atoms with Gasteiger partial charge in [-0.2, -0.15) is 0 Å². The van der Waals surface area contributed by atoms with Crippen LogP contribution in [0.15, 0.2) is 48.5 Å². The summed E-state index contributed by atoms with van der Waals surface area (Å²) in [5, 5.41) is 1.65. The summed E-state index contributed by atoms with van der Waals surface area (Å²) in [4.78, 5) is 8.65. The van der Waals surface area contributed by atoms with Crippen LogP contribution in [0.4, 0.5) is 5.95 Å². The largest absolute Gasteiger partial charge is 0.493 e. The zero-order valence-electron chi connectivity index (χ0n) is 12.2. The minimum absolute atomic E-state index is 0.0779. The molecule has 1 unspecified atom stereocenters. The Morgan fingerprint density at radius 3 is 2.77 bits per heavy atom. The lowest BCUT2D eigenvalue weighted by molar-refractivity contribution is 0.294. The van der Waals surface area contributed by atoms with E-state index in [1.54, 1.807) is 6.07 Å². The fourth-order valence-electron chi connectivity index (χ4n) is 2.35. The average Bonchev–Trinajstić information content (AvgIpc) is 2.52. The molecule has 0 fully saturated rings. The Bertz CT molecular complexity index is 807. The van der Waals surface area contributed by atoms with Crippen molar-refractivity contribution < 1.29 is 4.74 Å². The first-order valence-corrected chi connectivity index (χ1v) is 7.42. The summed E-state index contributed by atoms with van der Waals surface area (Å²) in [6.45, 7) is 2.54. The predicted molar refractivity (Wildman–Crippen MR) is 89.3 cm³/mol. The van der Waals surface area contributed by atoms with Crippen molar-refractivity contribution in [3.05, 3.63) is 59.2 Å². The van der Waals surface area contributed by atoms with Crippen LogP contribution in [0.5, 0.6) is 5.75 Å². The molecule has 0 aliphatic heterocycles. The number of nitrogens with zero attached hydrogens (tertiary/aromatic N) is 2. The van der Waals surface area contributed by atoms with Gasteiger partial charge in [0.05, 0.1) is 17.8 Å². The van der Waals surface area contributed by atoms with Crippen LogP contribution >= 0.6 is 11.6 Å². The molecule has 22 heavy (non-hydrogen) atoms. The summed E-state index contributed by atoms with van der Waals surface area (Å²) < 4.78 is 5.81. The monoisotopic (exact) mass is 313 g/mol. The molecule has 0 radical (unpaired) electrons. The second-order valence-corrected chi connectivity index (χ2v) is 5.59. The van der Waals surface area contributed by atoms with Crippen molar-refractivity contribution in [1.29, 1.82) is 0 Å². The highest BCUT2D eigenvalue weighted by atomic mass is 35.5. The first-order valence-electron chi connectivity index (χ1n) is 7.04. The van der Waals surface area contributed by atoms with E-state index in [1.165, 1.54) is 0 Å². The van der Waals surface area contributed by atoms with Gasteiger partial charge in [0.1, 0.15) is 5.75 Å². The molecular weight excluding hydrogens is 298 g/mol. The summed E-state index contributed by atoms with van der Waals surface area (Å²) in [5.41, 5.74) is 7.55. The third-order valence-corrected chi connectivity index (χ3v) is 3.65. The van der Waals surface area contributed by atoms with Gasteiger partial charge in [0.2, 0.25) is 5.95 Å². The Hall–Kier alpha value is -2.33. The topological polar surface area (TPSA) is 61.0 Å². The number of nitrogens with two attached hydrogens (primary N) is 1. The molecule has 0 aliphatic carbocycles. The van der Waals surface area contributed by atoms with Crippen LogP contribution in [-0.4, -0.2) is 16.6 Å². The van der Waals surface area contributed by atoms with Crippen LogP contribution in [0.3, 0.4) is 0 Å². The van der Waals surface area contributed by atoms with E-state index >= 15 is 0 Å². The van der Waals surface area contributed by atoms with Crippen LogP contribution in [-0.2, 0) is 0 Å². The molecule has 112 valence electrons.